The molecule has 4 rings (SSSR count). The van der Waals surface area contributed by atoms with Gasteiger partial charge in [-0.2, -0.15) is 0 Å². The van der Waals surface area contributed by atoms with Crippen LogP contribution in [0, 0.1) is 5.82 Å². The lowest BCUT2D eigenvalue weighted by Gasteiger charge is -2.29. The Kier molecular flexibility index (Phi) is 3.26. The summed E-state index contributed by atoms with van der Waals surface area (Å²) in [6, 6.07) is 3.66. The van der Waals surface area contributed by atoms with Crippen molar-refractivity contribution in [3.63, 3.8) is 0 Å². The van der Waals surface area contributed by atoms with Gasteiger partial charge in [-0.15, -0.1) is 0 Å². The van der Waals surface area contributed by atoms with Crippen LogP contribution in [-0.4, -0.2) is 34.0 Å². The number of hydrogen-bond acceptors (Lipinski definition) is 4. The Labute approximate surface area is 127 Å². The van der Waals surface area contributed by atoms with Crippen LogP contribution in [0.3, 0.4) is 0 Å². The fourth-order valence-corrected chi connectivity index (χ4v) is 3.65. The van der Waals surface area contributed by atoms with E-state index in [1.165, 1.54) is 37.4 Å². The molecule has 1 aromatic carbocycles. The number of fused-ring (bicyclic) bond motifs is 3. The van der Waals surface area contributed by atoms with Gasteiger partial charge in [0.05, 0.1) is 11.1 Å². The van der Waals surface area contributed by atoms with Crippen molar-refractivity contribution in [1.82, 2.24) is 20.6 Å². The van der Waals surface area contributed by atoms with Gasteiger partial charge in [0, 0.05) is 36.6 Å². The van der Waals surface area contributed by atoms with Gasteiger partial charge < -0.3 is 10.6 Å². The highest BCUT2D eigenvalue weighted by molar-refractivity contribution is 6.04. The number of nitrogens with one attached hydrogen (secondary N) is 2. The predicted molar refractivity (Wildman–Crippen MR) is 79.9 cm³/mol. The third kappa shape index (κ3) is 2.43. The zero-order chi connectivity index (χ0) is 15.1. The third-order valence-corrected chi connectivity index (χ3v) is 4.59. The minimum absolute atomic E-state index is 0.140. The van der Waals surface area contributed by atoms with Crippen molar-refractivity contribution in [2.75, 3.05) is 0 Å². The Bertz CT molecular complexity index is 723. The van der Waals surface area contributed by atoms with Gasteiger partial charge >= 0.3 is 0 Å². The normalized spacial score (nSPS) is 27.0. The molecule has 2 bridgehead atoms. The minimum Gasteiger partial charge on any atom is -0.349 e. The molecule has 1 aromatic heterocycles. The van der Waals surface area contributed by atoms with Crippen LogP contribution in [-0.2, 0) is 0 Å². The maximum atomic E-state index is 13.7. The Hall–Kier alpha value is -2.08. The van der Waals surface area contributed by atoms with Crippen molar-refractivity contribution in [1.29, 1.82) is 0 Å². The van der Waals surface area contributed by atoms with E-state index in [0.29, 0.717) is 23.1 Å². The van der Waals surface area contributed by atoms with E-state index in [9.17, 15) is 9.18 Å². The molecule has 2 aromatic rings. The first-order valence-electron chi connectivity index (χ1n) is 7.66. The Balaban J connectivity index is 1.60. The molecule has 0 saturated carbocycles. The highest BCUT2D eigenvalue weighted by Crippen LogP contribution is 2.27. The van der Waals surface area contributed by atoms with Crippen LogP contribution in [0.15, 0.2) is 24.5 Å². The van der Waals surface area contributed by atoms with Crippen molar-refractivity contribution in [2.45, 2.75) is 43.8 Å². The number of carbonyl (C=O) groups excluding carboxylic acids is 1. The van der Waals surface area contributed by atoms with Crippen LogP contribution in [0.25, 0.3) is 11.0 Å². The van der Waals surface area contributed by atoms with Gasteiger partial charge in [0.1, 0.15) is 11.3 Å². The first-order chi connectivity index (χ1) is 10.7. The average Bonchev–Trinajstić information content (AvgIpc) is 2.85. The summed E-state index contributed by atoms with van der Waals surface area (Å²) in [6.07, 6.45) is 7.22. The molecule has 2 aliphatic rings. The predicted octanol–water partition coefficient (Wildman–Crippen LogP) is 1.78. The van der Waals surface area contributed by atoms with E-state index in [4.69, 9.17) is 0 Å². The van der Waals surface area contributed by atoms with Gasteiger partial charge in [-0.3, -0.25) is 14.8 Å². The summed E-state index contributed by atoms with van der Waals surface area (Å²) in [4.78, 5) is 20.8. The van der Waals surface area contributed by atoms with Crippen LogP contribution in [0.5, 0.6) is 0 Å². The Morgan fingerprint density at radius 3 is 2.68 bits per heavy atom. The van der Waals surface area contributed by atoms with E-state index in [2.05, 4.69) is 20.6 Å². The molecule has 2 saturated heterocycles. The number of hydrogen-bond donors (Lipinski definition) is 2. The average molecular weight is 300 g/mol. The van der Waals surface area contributed by atoms with E-state index < -0.39 is 5.82 Å². The lowest BCUT2D eigenvalue weighted by molar-refractivity contribution is 0.0925. The minimum atomic E-state index is -0.469. The molecule has 5 nitrogen and oxygen atoms in total. The molecule has 1 amide bonds. The first kappa shape index (κ1) is 13.6. The number of piperidine rings is 1. The maximum absolute atomic E-state index is 13.7. The third-order valence-electron chi connectivity index (χ3n) is 4.59. The van der Waals surface area contributed by atoms with E-state index in [1.807, 2.05) is 0 Å². The molecule has 22 heavy (non-hydrogen) atoms. The molecule has 2 N–H and O–H groups in total. The van der Waals surface area contributed by atoms with Gasteiger partial charge in [0.25, 0.3) is 5.91 Å². The van der Waals surface area contributed by atoms with Crippen LogP contribution in [0.4, 0.5) is 4.39 Å². The zero-order valence-corrected chi connectivity index (χ0v) is 12.1. The summed E-state index contributed by atoms with van der Waals surface area (Å²) in [7, 11) is 0. The van der Waals surface area contributed by atoms with Crippen LogP contribution < -0.4 is 10.6 Å². The van der Waals surface area contributed by atoms with Crippen molar-refractivity contribution >= 4 is 16.9 Å². The van der Waals surface area contributed by atoms with Gasteiger partial charge in [0.2, 0.25) is 0 Å². The fraction of sp³-hybridized carbons (Fsp3) is 0.438. The smallest absolute Gasteiger partial charge is 0.253 e. The summed E-state index contributed by atoms with van der Waals surface area (Å²) in [5.74, 6) is -0.736. The lowest BCUT2D eigenvalue weighted by Crippen LogP contribution is -2.48. The lowest BCUT2D eigenvalue weighted by atomic mass is 9.99. The van der Waals surface area contributed by atoms with Crippen molar-refractivity contribution in [3.8, 4) is 0 Å². The van der Waals surface area contributed by atoms with Gasteiger partial charge in [-0.1, -0.05) is 0 Å². The molecular formula is C16H17FN4O. The van der Waals surface area contributed by atoms with Crippen LogP contribution in [0.2, 0.25) is 0 Å². The van der Waals surface area contributed by atoms with E-state index in [1.54, 1.807) is 0 Å². The molecule has 2 aliphatic heterocycles. The molecule has 0 aliphatic carbocycles. The van der Waals surface area contributed by atoms with Gasteiger partial charge in [0.15, 0.2) is 0 Å². The first-order valence-corrected chi connectivity index (χ1v) is 7.66. The summed E-state index contributed by atoms with van der Waals surface area (Å²) >= 11 is 0. The van der Waals surface area contributed by atoms with E-state index in [-0.39, 0.29) is 17.5 Å². The number of amides is 1. The molecule has 0 radical (unpaired) electrons. The highest BCUT2D eigenvalue weighted by Gasteiger charge is 2.34. The maximum Gasteiger partial charge on any atom is 0.253 e. The quantitative estimate of drug-likeness (QED) is 0.887. The van der Waals surface area contributed by atoms with E-state index >= 15 is 0 Å². The molecule has 2 fully saturated rings. The monoisotopic (exact) mass is 300 g/mol. The standard InChI is InChI=1S/C16H17FN4O/c17-9-5-13(15-14(6-9)18-3-4-19-15)16(22)21-12-7-10-1-2-11(8-12)20-10/h3-6,10-12,20H,1-2,7-8H2,(H,21,22). The van der Waals surface area contributed by atoms with Gasteiger partial charge in [-0.25, -0.2) is 4.39 Å². The topological polar surface area (TPSA) is 66.9 Å². The second-order valence-corrected chi connectivity index (χ2v) is 6.16. The SMILES string of the molecule is O=C(NC1CC2CCC(C1)N2)c1cc(F)cc2nccnc12. The summed E-state index contributed by atoms with van der Waals surface area (Å²) in [6.45, 7) is 0. The van der Waals surface area contributed by atoms with Crippen molar-refractivity contribution in [3.05, 3.63) is 35.9 Å². The number of carbonyl (C=O) groups is 1. The molecular weight excluding hydrogens is 283 g/mol. The zero-order valence-electron chi connectivity index (χ0n) is 12.1. The van der Waals surface area contributed by atoms with Crippen LogP contribution >= 0.6 is 0 Å². The van der Waals surface area contributed by atoms with Crippen LogP contribution in [0.1, 0.15) is 36.0 Å². The number of nitrogens with zero attached hydrogens (tertiary/aromatic N) is 2. The Morgan fingerprint density at radius 2 is 1.91 bits per heavy atom. The second kappa shape index (κ2) is 5.28. The summed E-state index contributed by atoms with van der Waals surface area (Å²) in [5, 5.41) is 6.58. The highest BCUT2D eigenvalue weighted by atomic mass is 19.1. The number of rotatable bonds is 2. The second-order valence-electron chi connectivity index (χ2n) is 6.16. The summed E-state index contributed by atoms with van der Waals surface area (Å²) in [5.41, 5.74) is 1.10. The largest absolute Gasteiger partial charge is 0.349 e. The fourth-order valence-electron chi connectivity index (χ4n) is 3.65. The van der Waals surface area contributed by atoms with E-state index in [0.717, 1.165) is 12.8 Å². The molecule has 2 unspecified atom stereocenters. The molecule has 6 heteroatoms. The number of halogens is 1. The molecule has 2 atom stereocenters. The molecule has 114 valence electrons. The van der Waals surface area contributed by atoms with Gasteiger partial charge in [-0.05, 0) is 31.7 Å². The molecule has 3 heterocycles. The summed E-state index contributed by atoms with van der Waals surface area (Å²) < 4.78 is 13.7. The van der Waals surface area contributed by atoms with Crippen molar-refractivity contribution < 1.29 is 9.18 Å². The Morgan fingerprint density at radius 1 is 1.18 bits per heavy atom. The van der Waals surface area contributed by atoms with Crippen molar-refractivity contribution in [2.24, 2.45) is 0 Å². The molecule has 0 spiro atoms. The number of aromatic nitrogens is 2. The number of benzene rings is 1.